The maximum Gasteiger partial charge on any atom is 0.416 e. The van der Waals surface area contributed by atoms with Crippen molar-refractivity contribution in [2.75, 3.05) is 19.7 Å². The third-order valence-electron chi connectivity index (χ3n) is 6.49. The van der Waals surface area contributed by atoms with E-state index < -0.39 is 23.6 Å². The standard InChI is InChI=1S/C26H27F3N2O4/c27-26(28,29)21-10-8-19(9-11-21)24(33)31-14-12-20(13-15-31)25(34)35-16-22(32)30-23(18-6-7-18)17-4-2-1-3-5-17/h1-5,8-11,18,20,23H,6-7,12-16H2,(H,30,32). The SMILES string of the molecule is O=C(COC(=O)C1CCN(C(=O)c2ccc(C(F)(F)F)cc2)CC1)NC(c1ccccc1)C1CC1. The van der Waals surface area contributed by atoms with Crippen molar-refractivity contribution in [2.45, 2.75) is 37.9 Å². The number of carbonyl (C=O) groups excluding carboxylic acids is 3. The fourth-order valence-electron chi connectivity index (χ4n) is 4.34. The van der Waals surface area contributed by atoms with Crippen molar-refractivity contribution in [2.24, 2.45) is 11.8 Å². The van der Waals surface area contributed by atoms with Crippen molar-refractivity contribution in [3.63, 3.8) is 0 Å². The molecule has 1 unspecified atom stereocenters. The lowest BCUT2D eigenvalue weighted by molar-refractivity contribution is -0.154. The summed E-state index contributed by atoms with van der Waals surface area (Å²) in [5.74, 6) is -1.26. The van der Waals surface area contributed by atoms with Gasteiger partial charge in [-0.15, -0.1) is 0 Å². The largest absolute Gasteiger partial charge is 0.455 e. The summed E-state index contributed by atoms with van der Waals surface area (Å²) < 4.78 is 43.4. The smallest absolute Gasteiger partial charge is 0.416 e. The molecule has 0 bridgehead atoms. The molecular weight excluding hydrogens is 461 g/mol. The summed E-state index contributed by atoms with van der Waals surface area (Å²) in [6.45, 7) is 0.201. The van der Waals surface area contributed by atoms with Gasteiger partial charge in [-0.05, 0) is 61.4 Å². The number of halogens is 3. The molecule has 0 aromatic heterocycles. The summed E-state index contributed by atoms with van der Waals surface area (Å²) >= 11 is 0. The Bertz CT molecular complexity index is 1040. The van der Waals surface area contributed by atoms with E-state index in [1.807, 2.05) is 30.3 Å². The van der Waals surface area contributed by atoms with Gasteiger partial charge < -0.3 is 15.0 Å². The van der Waals surface area contributed by atoms with E-state index in [0.717, 1.165) is 42.7 Å². The normalized spacial score (nSPS) is 17.5. The van der Waals surface area contributed by atoms with Crippen LogP contribution >= 0.6 is 0 Å². The molecule has 186 valence electrons. The van der Waals surface area contributed by atoms with E-state index >= 15 is 0 Å². The minimum Gasteiger partial charge on any atom is -0.455 e. The number of benzene rings is 2. The molecule has 1 saturated carbocycles. The molecule has 1 N–H and O–H groups in total. The molecule has 2 aromatic rings. The molecule has 1 heterocycles. The first-order valence-electron chi connectivity index (χ1n) is 11.7. The molecule has 2 aromatic carbocycles. The summed E-state index contributed by atoms with van der Waals surface area (Å²) in [5.41, 5.74) is 0.380. The molecule has 9 heteroatoms. The number of hydrogen-bond donors (Lipinski definition) is 1. The van der Waals surface area contributed by atoms with Crippen LogP contribution in [0.3, 0.4) is 0 Å². The Morgan fingerprint density at radius 1 is 0.943 bits per heavy atom. The van der Waals surface area contributed by atoms with Gasteiger partial charge in [-0.3, -0.25) is 14.4 Å². The summed E-state index contributed by atoms with van der Waals surface area (Å²) in [4.78, 5) is 39.0. The van der Waals surface area contributed by atoms with Gasteiger partial charge in [-0.2, -0.15) is 13.2 Å². The van der Waals surface area contributed by atoms with Crippen molar-refractivity contribution < 1.29 is 32.3 Å². The van der Waals surface area contributed by atoms with E-state index in [4.69, 9.17) is 4.74 Å². The van der Waals surface area contributed by atoms with E-state index in [2.05, 4.69) is 5.32 Å². The number of esters is 1. The maximum atomic E-state index is 12.7. The molecule has 6 nitrogen and oxygen atoms in total. The topological polar surface area (TPSA) is 75.7 Å². The first kappa shape index (κ1) is 24.8. The van der Waals surface area contributed by atoms with Crippen LogP contribution in [0.25, 0.3) is 0 Å². The van der Waals surface area contributed by atoms with Gasteiger partial charge >= 0.3 is 12.1 Å². The molecule has 1 aliphatic heterocycles. The van der Waals surface area contributed by atoms with Crippen molar-refractivity contribution in [3.8, 4) is 0 Å². The summed E-state index contributed by atoms with van der Waals surface area (Å²) in [5, 5.41) is 2.97. The zero-order chi connectivity index (χ0) is 25.0. The predicted octanol–water partition coefficient (Wildman–Crippen LogP) is 4.37. The summed E-state index contributed by atoms with van der Waals surface area (Å²) in [6, 6.07) is 13.7. The van der Waals surface area contributed by atoms with E-state index in [1.165, 1.54) is 4.90 Å². The van der Waals surface area contributed by atoms with Gasteiger partial charge in [0.15, 0.2) is 6.61 Å². The molecule has 0 spiro atoms. The number of carbonyl (C=O) groups is 3. The lowest BCUT2D eigenvalue weighted by Gasteiger charge is -2.31. The zero-order valence-electron chi connectivity index (χ0n) is 19.1. The molecule has 0 radical (unpaired) electrons. The highest BCUT2D eigenvalue weighted by Gasteiger charge is 2.34. The number of likely N-dealkylation sites (tertiary alicyclic amines) is 1. The second kappa shape index (κ2) is 10.5. The molecular formula is C26H27F3N2O4. The molecule has 4 rings (SSSR count). The van der Waals surface area contributed by atoms with Gasteiger partial charge in [0.1, 0.15) is 0 Å². The Balaban J connectivity index is 1.22. The molecule has 2 aliphatic rings. The van der Waals surface area contributed by atoms with Crippen molar-refractivity contribution in [3.05, 3.63) is 71.3 Å². The van der Waals surface area contributed by atoms with Gasteiger partial charge in [0.25, 0.3) is 11.8 Å². The highest BCUT2D eigenvalue weighted by atomic mass is 19.4. The molecule has 35 heavy (non-hydrogen) atoms. The minimum atomic E-state index is -4.46. The third kappa shape index (κ3) is 6.41. The number of nitrogens with one attached hydrogen (secondary N) is 1. The fourth-order valence-corrected chi connectivity index (χ4v) is 4.34. The van der Waals surface area contributed by atoms with Gasteiger partial charge in [-0.1, -0.05) is 30.3 Å². The first-order valence-corrected chi connectivity index (χ1v) is 11.7. The van der Waals surface area contributed by atoms with Crippen LogP contribution in [0.1, 0.15) is 53.2 Å². The second-order valence-corrected chi connectivity index (χ2v) is 9.04. The zero-order valence-corrected chi connectivity index (χ0v) is 19.1. The fraction of sp³-hybridized carbons (Fsp3) is 0.423. The number of amides is 2. The van der Waals surface area contributed by atoms with Gasteiger partial charge in [0.2, 0.25) is 0 Å². The van der Waals surface area contributed by atoms with Crippen LogP contribution in [0.4, 0.5) is 13.2 Å². The van der Waals surface area contributed by atoms with Crippen molar-refractivity contribution in [1.82, 2.24) is 10.2 Å². The van der Waals surface area contributed by atoms with Crippen LogP contribution in [0, 0.1) is 11.8 Å². The van der Waals surface area contributed by atoms with Crippen molar-refractivity contribution in [1.29, 1.82) is 0 Å². The van der Waals surface area contributed by atoms with E-state index in [0.29, 0.717) is 18.8 Å². The number of nitrogens with zero attached hydrogens (tertiary/aromatic N) is 1. The maximum absolute atomic E-state index is 12.7. The van der Waals surface area contributed by atoms with Crippen molar-refractivity contribution >= 4 is 17.8 Å². The van der Waals surface area contributed by atoms with Crippen LogP contribution in [-0.4, -0.2) is 42.4 Å². The lowest BCUT2D eigenvalue weighted by atomic mass is 9.96. The molecule has 1 aliphatic carbocycles. The van der Waals surface area contributed by atoms with E-state index in [9.17, 15) is 27.6 Å². The average molecular weight is 489 g/mol. The molecule has 2 fully saturated rings. The second-order valence-electron chi connectivity index (χ2n) is 9.04. The number of hydrogen-bond acceptors (Lipinski definition) is 4. The van der Waals surface area contributed by atoms with E-state index in [1.54, 1.807) is 0 Å². The lowest BCUT2D eigenvalue weighted by Crippen LogP contribution is -2.41. The molecule has 2 amide bonds. The molecule has 1 saturated heterocycles. The number of alkyl halides is 3. The number of rotatable bonds is 7. The van der Waals surface area contributed by atoms with Crippen LogP contribution in [0.15, 0.2) is 54.6 Å². The van der Waals surface area contributed by atoms with Crippen LogP contribution in [0.5, 0.6) is 0 Å². The van der Waals surface area contributed by atoms with Crippen LogP contribution in [-0.2, 0) is 20.5 Å². The van der Waals surface area contributed by atoms with Gasteiger partial charge in [0, 0.05) is 18.7 Å². The Morgan fingerprint density at radius 2 is 1.57 bits per heavy atom. The van der Waals surface area contributed by atoms with E-state index in [-0.39, 0.29) is 43.1 Å². The van der Waals surface area contributed by atoms with Crippen LogP contribution in [0.2, 0.25) is 0 Å². The summed E-state index contributed by atoms with van der Waals surface area (Å²) in [6.07, 6.45) is -1.65. The highest BCUT2D eigenvalue weighted by molar-refractivity contribution is 5.94. The third-order valence-corrected chi connectivity index (χ3v) is 6.49. The molecule has 1 atom stereocenters. The first-order chi connectivity index (χ1) is 16.7. The Morgan fingerprint density at radius 3 is 2.14 bits per heavy atom. The number of piperidine rings is 1. The Hall–Kier alpha value is -3.36. The van der Waals surface area contributed by atoms with Gasteiger partial charge in [0.05, 0.1) is 17.5 Å². The quantitative estimate of drug-likeness (QED) is 0.588. The number of ether oxygens (including phenoxy) is 1. The Kier molecular flexibility index (Phi) is 7.42. The monoisotopic (exact) mass is 488 g/mol. The highest BCUT2D eigenvalue weighted by Crippen LogP contribution is 2.40. The predicted molar refractivity (Wildman–Crippen MR) is 121 cm³/mol. The Labute approximate surface area is 201 Å². The van der Waals surface area contributed by atoms with Gasteiger partial charge in [-0.25, -0.2) is 0 Å². The minimum absolute atomic E-state index is 0.0955. The average Bonchev–Trinajstić information content (AvgIpc) is 3.71. The van der Waals surface area contributed by atoms with Crippen LogP contribution < -0.4 is 5.32 Å². The summed E-state index contributed by atoms with van der Waals surface area (Å²) in [7, 11) is 0.